The number of halogens is 1. The molecule has 1 aromatic rings. The molecular weight excluding hydrogens is 324 g/mol. The molecule has 4 nitrogen and oxygen atoms in total. The average Bonchev–Trinajstić information content (AvgIpc) is 2.59. The van der Waals surface area contributed by atoms with Gasteiger partial charge in [-0.15, -0.1) is 0 Å². The number of amides is 1. The third-order valence-electron chi connectivity index (χ3n) is 4.71. The first-order chi connectivity index (χ1) is 11.6. The van der Waals surface area contributed by atoms with Crippen molar-refractivity contribution in [2.24, 2.45) is 5.92 Å². The Morgan fingerprint density at radius 1 is 1.38 bits per heavy atom. The molecule has 0 saturated carbocycles. The van der Waals surface area contributed by atoms with Crippen LogP contribution >= 0.6 is 11.6 Å². The summed E-state index contributed by atoms with van der Waals surface area (Å²) in [6, 6.07) is 8.12. The zero-order valence-electron chi connectivity index (χ0n) is 14.8. The molecule has 134 valence electrons. The highest BCUT2D eigenvalue weighted by molar-refractivity contribution is 6.30. The molecule has 0 aromatic heterocycles. The molecule has 2 rings (SSSR count). The van der Waals surface area contributed by atoms with Gasteiger partial charge in [-0.2, -0.15) is 0 Å². The van der Waals surface area contributed by atoms with Crippen LogP contribution in [-0.2, 0) is 16.0 Å². The first-order valence-electron chi connectivity index (χ1n) is 8.78. The van der Waals surface area contributed by atoms with Crippen molar-refractivity contribution in [1.29, 1.82) is 0 Å². The van der Waals surface area contributed by atoms with Gasteiger partial charge in [-0.1, -0.05) is 23.7 Å². The number of carbonyl (C=O) groups excluding carboxylic acids is 1. The average molecular weight is 353 g/mol. The summed E-state index contributed by atoms with van der Waals surface area (Å²) < 4.78 is 4.99. The highest BCUT2D eigenvalue weighted by atomic mass is 35.5. The summed E-state index contributed by atoms with van der Waals surface area (Å²) in [6.07, 6.45) is 3.94. The summed E-state index contributed by atoms with van der Waals surface area (Å²) >= 11 is 5.93. The molecule has 0 bridgehead atoms. The maximum Gasteiger partial charge on any atom is 0.224 e. The van der Waals surface area contributed by atoms with Gasteiger partial charge in [0.15, 0.2) is 0 Å². The first kappa shape index (κ1) is 19.2. The number of rotatable bonds is 8. The number of ether oxygens (including phenoxy) is 1. The first-order valence-corrected chi connectivity index (χ1v) is 9.16. The monoisotopic (exact) mass is 352 g/mol. The van der Waals surface area contributed by atoms with Crippen LogP contribution in [0.5, 0.6) is 0 Å². The molecule has 1 aliphatic heterocycles. The van der Waals surface area contributed by atoms with Crippen LogP contribution in [0.3, 0.4) is 0 Å². The highest BCUT2D eigenvalue weighted by Gasteiger charge is 2.22. The van der Waals surface area contributed by atoms with Crippen molar-refractivity contribution in [3.63, 3.8) is 0 Å². The number of likely N-dealkylation sites (tertiary alicyclic amines) is 1. The van der Waals surface area contributed by atoms with E-state index in [0.29, 0.717) is 18.9 Å². The van der Waals surface area contributed by atoms with Crippen LogP contribution in [0.25, 0.3) is 0 Å². The number of piperidine rings is 1. The molecule has 5 heteroatoms. The molecule has 24 heavy (non-hydrogen) atoms. The largest absolute Gasteiger partial charge is 0.384 e. The van der Waals surface area contributed by atoms with Gasteiger partial charge < -0.3 is 14.5 Å². The summed E-state index contributed by atoms with van der Waals surface area (Å²) in [5.41, 5.74) is 1.33. The zero-order valence-corrected chi connectivity index (χ0v) is 15.6. The summed E-state index contributed by atoms with van der Waals surface area (Å²) in [4.78, 5) is 16.4. The van der Waals surface area contributed by atoms with Gasteiger partial charge in [0.2, 0.25) is 5.91 Å². The van der Waals surface area contributed by atoms with Crippen molar-refractivity contribution in [3.05, 3.63) is 34.9 Å². The van der Waals surface area contributed by atoms with E-state index in [0.717, 1.165) is 37.6 Å². The molecule has 1 heterocycles. The Kier molecular flexibility index (Phi) is 8.03. The molecule has 0 N–H and O–H groups in total. The fraction of sp³-hybridized carbons (Fsp3) is 0.632. The van der Waals surface area contributed by atoms with Crippen molar-refractivity contribution in [3.8, 4) is 0 Å². The Morgan fingerprint density at radius 3 is 2.83 bits per heavy atom. The third-order valence-corrected chi connectivity index (χ3v) is 4.96. The quantitative estimate of drug-likeness (QED) is 0.720. The van der Waals surface area contributed by atoms with E-state index < -0.39 is 0 Å². The van der Waals surface area contributed by atoms with E-state index in [2.05, 4.69) is 17.0 Å². The van der Waals surface area contributed by atoms with Crippen LogP contribution in [0.15, 0.2) is 24.3 Å². The maximum absolute atomic E-state index is 12.0. The molecule has 1 aromatic carbocycles. The molecule has 0 radical (unpaired) electrons. The molecule has 0 aliphatic carbocycles. The lowest BCUT2D eigenvalue weighted by atomic mass is 9.97. The van der Waals surface area contributed by atoms with Crippen LogP contribution in [0.4, 0.5) is 0 Å². The van der Waals surface area contributed by atoms with E-state index in [1.54, 1.807) is 7.11 Å². The van der Waals surface area contributed by atoms with Gasteiger partial charge in [0, 0.05) is 38.8 Å². The van der Waals surface area contributed by atoms with Gasteiger partial charge >= 0.3 is 0 Å². The van der Waals surface area contributed by atoms with Gasteiger partial charge in [-0.05, 0) is 49.4 Å². The highest BCUT2D eigenvalue weighted by Crippen LogP contribution is 2.18. The Labute approximate surface area is 150 Å². The molecule has 0 spiro atoms. The Morgan fingerprint density at radius 2 is 2.12 bits per heavy atom. The van der Waals surface area contributed by atoms with Crippen LogP contribution < -0.4 is 0 Å². The number of hydrogen-bond acceptors (Lipinski definition) is 3. The molecule has 1 saturated heterocycles. The predicted molar refractivity (Wildman–Crippen MR) is 98.5 cm³/mol. The van der Waals surface area contributed by atoms with Gasteiger partial charge in [0.25, 0.3) is 0 Å². The van der Waals surface area contributed by atoms with Crippen LogP contribution in [-0.4, -0.2) is 62.7 Å². The lowest BCUT2D eigenvalue weighted by molar-refractivity contribution is -0.131. The Bertz CT molecular complexity index is 507. The molecular formula is C19H29ClN2O2. The minimum atomic E-state index is 0.176. The second-order valence-corrected chi connectivity index (χ2v) is 7.14. The van der Waals surface area contributed by atoms with E-state index in [4.69, 9.17) is 16.3 Å². The lowest BCUT2D eigenvalue weighted by Gasteiger charge is -2.34. The number of carbonyl (C=O) groups is 1. The Balaban J connectivity index is 1.74. The third kappa shape index (κ3) is 6.42. The van der Waals surface area contributed by atoms with Gasteiger partial charge in [0.05, 0.1) is 13.0 Å². The van der Waals surface area contributed by atoms with Crippen molar-refractivity contribution >= 4 is 17.5 Å². The van der Waals surface area contributed by atoms with Crippen molar-refractivity contribution in [2.75, 3.05) is 46.9 Å². The molecule has 1 unspecified atom stereocenters. The summed E-state index contributed by atoms with van der Waals surface area (Å²) in [6.45, 7) is 4.65. The number of benzene rings is 1. The molecule has 1 amide bonds. The van der Waals surface area contributed by atoms with Crippen molar-refractivity contribution < 1.29 is 9.53 Å². The summed E-state index contributed by atoms with van der Waals surface area (Å²) in [7, 11) is 3.54. The number of methoxy groups -OCH3 is 1. The standard InChI is InChI=1S/C19H29ClN2O2/c1-21(19(23)10-13-24-2)14-17-4-3-11-22(15-17)12-9-16-5-7-18(20)8-6-16/h5-8,17H,3-4,9-15H2,1-2H3. The number of hydrogen-bond donors (Lipinski definition) is 0. The summed E-state index contributed by atoms with van der Waals surface area (Å²) in [5.74, 6) is 0.746. The lowest BCUT2D eigenvalue weighted by Crippen LogP contribution is -2.42. The second kappa shape index (κ2) is 10.0. The van der Waals surface area contributed by atoms with Crippen LogP contribution in [0, 0.1) is 5.92 Å². The topological polar surface area (TPSA) is 32.8 Å². The Hall–Kier alpha value is -1.10. The van der Waals surface area contributed by atoms with E-state index in [9.17, 15) is 4.79 Å². The zero-order chi connectivity index (χ0) is 17.4. The van der Waals surface area contributed by atoms with E-state index in [1.807, 2.05) is 24.1 Å². The normalized spacial score (nSPS) is 18.5. The van der Waals surface area contributed by atoms with Crippen LogP contribution in [0.1, 0.15) is 24.8 Å². The second-order valence-electron chi connectivity index (χ2n) is 6.70. The minimum absolute atomic E-state index is 0.176. The smallest absolute Gasteiger partial charge is 0.224 e. The van der Waals surface area contributed by atoms with Gasteiger partial charge in [-0.3, -0.25) is 4.79 Å². The fourth-order valence-electron chi connectivity index (χ4n) is 3.31. The minimum Gasteiger partial charge on any atom is -0.384 e. The molecule has 1 aliphatic rings. The van der Waals surface area contributed by atoms with Gasteiger partial charge in [0.1, 0.15) is 0 Å². The summed E-state index contributed by atoms with van der Waals surface area (Å²) in [5, 5.41) is 0.790. The van der Waals surface area contributed by atoms with Crippen molar-refractivity contribution in [2.45, 2.75) is 25.7 Å². The maximum atomic E-state index is 12.0. The predicted octanol–water partition coefficient (Wildman–Crippen LogP) is 3.09. The fourth-order valence-corrected chi connectivity index (χ4v) is 3.44. The van der Waals surface area contributed by atoms with Crippen molar-refractivity contribution in [1.82, 2.24) is 9.80 Å². The SMILES string of the molecule is COCCC(=O)N(C)CC1CCCN(CCc2ccc(Cl)cc2)C1. The van der Waals surface area contributed by atoms with E-state index in [1.165, 1.54) is 18.4 Å². The number of nitrogens with zero attached hydrogens (tertiary/aromatic N) is 2. The molecule has 1 atom stereocenters. The van der Waals surface area contributed by atoms with Gasteiger partial charge in [-0.25, -0.2) is 0 Å². The van der Waals surface area contributed by atoms with E-state index in [-0.39, 0.29) is 5.91 Å². The molecule has 1 fully saturated rings. The van der Waals surface area contributed by atoms with E-state index >= 15 is 0 Å². The van der Waals surface area contributed by atoms with Crippen LogP contribution in [0.2, 0.25) is 5.02 Å².